The van der Waals surface area contributed by atoms with E-state index in [0.29, 0.717) is 29.0 Å². The number of ether oxygens (including phenoxy) is 1. The van der Waals surface area contributed by atoms with E-state index in [1.165, 1.54) is 0 Å². The second-order valence-electron chi connectivity index (χ2n) is 6.65. The Morgan fingerprint density at radius 3 is 2.52 bits per heavy atom. The number of hydrogen-bond acceptors (Lipinski definition) is 5. The third-order valence-corrected chi connectivity index (χ3v) is 4.70. The molecule has 0 heterocycles. The molecule has 0 radical (unpaired) electrons. The molecule has 3 rings (SSSR count). The standard InChI is InChI=1S/C24H22N4O2S/c1-2-30-23(29)20-8-5-9-21(28-24(26)31)22(20)27-15-16-10-12-17(13-11-16)19-7-4-3-6-18(19)14-25/h3-13,27H,2,15H2,1H3,(H3,26,28,31). The predicted molar refractivity (Wildman–Crippen MR) is 127 cm³/mol. The SMILES string of the molecule is CCOC(=O)c1cccc(NC(N)=S)c1NCc1ccc(-c2ccccc2C#N)cc1. The van der Waals surface area contributed by atoms with E-state index < -0.39 is 5.97 Å². The van der Waals surface area contributed by atoms with Crippen molar-refractivity contribution >= 4 is 34.7 Å². The van der Waals surface area contributed by atoms with Crippen LogP contribution in [0.2, 0.25) is 0 Å². The van der Waals surface area contributed by atoms with E-state index >= 15 is 0 Å². The highest BCUT2D eigenvalue weighted by Gasteiger charge is 2.16. The van der Waals surface area contributed by atoms with E-state index in [1.54, 1.807) is 31.2 Å². The van der Waals surface area contributed by atoms with Crippen LogP contribution in [-0.2, 0) is 11.3 Å². The smallest absolute Gasteiger partial charge is 0.340 e. The monoisotopic (exact) mass is 430 g/mol. The first-order valence-electron chi connectivity index (χ1n) is 9.72. The van der Waals surface area contributed by atoms with E-state index in [1.807, 2.05) is 42.5 Å². The lowest BCUT2D eigenvalue weighted by molar-refractivity contribution is 0.0527. The molecule has 3 aromatic carbocycles. The third kappa shape index (κ3) is 5.38. The minimum absolute atomic E-state index is 0.101. The highest BCUT2D eigenvalue weighted by atomic mass is 32.1. The molecule has 31 heavy (non-hydrogen) atoms. The number of anilines is 2. The normalized spacial score (nSPS) is 10.1. The van der Waals surface area contributed by atoms with E-state index in [0.717, 1.165) is 16.7 Å². The van der Waals surface area contributed by atoms with Crippen LogP contribution in [0.4, 0.5) is 11.4 Å². The number of hydrogen-bond donors (Lipinski definition) is 3. The van der Waals surface area contributed by atoms with Crippen LogP contribution >= 0.6 is 12.2 Å². The molecule has 156 valence electrons. The summed E-state index contributed by atoms with van der Waals surface area (Å²) in [4.78, 5) is 12.4. The molecular weight excluding hydrogens is 408 g/mol. The molecule has 0 atom stereocenters. The number of para-hydroxylation sites is 1. The Bertz CT molecular complexity index is 1140. The molecule has 0 aliphatic carbocycles. The molecule has 0 saturated carbocycles. The Kier molecular flexibility index (Phi) is 7.20. The minimum Gasteiger partial charge on any atom is -0.462 e. The summed E-state index contributed by atoms with van der Waals surface area (Å²) < 4.78 is 5.17. The summed E-state index contributed by atoms with van der Waals surface area (Å²) in [6.45, 7) is 2.49. The van der Waals surface area contributed by atoms with E-state index in [-0.39, 0.29) is 11.7 Å². The summed E-state index contributed by atoms with van der Waals surface area (Å²) in [6.07, 6.45) is 0. The second kappa shape index (κ2) is 10.2. The van der Waals surface area contributed by atoms with Crippen LogP contribution in [0.1, 0.15) is 28.4 Å². The average Bonchev–Trinajstić information content (AvgIpc) is 2.78. The Hall–Kier alpha value is -3.89. The predicted octanol–water partition coefficient (Wildman–Crippen LogP) is 4.67. The van der Waals surface area contributed by atoms with Gasteiger partial charge in [-0.15, -0.1) is 0 Å². The van der Waals surface area contributed by atoms with Gasteiger partial charge in [0.15, 0.2) is 5.11 Å². The van der Waals surface area contributed by atoms with Gasteiger partial charge in [0.25, 0.3) is 0 Å². The lowest BCUT2D eigenvalue weighted by Gasteiger charge is -2.17. The topological polar surface area (TPSA) is 100 Å². The Morgan fingerprint density at radius 2 is 1.84 bits per heavy atom. The first-order chi connectivity index (χ1) is 15.0. The molecule has 6 nitrogen and oxygen atoms in total. The van der Waals surface area contributed by atoms with Gasteiger partial charge in [-0.2, -0.15) is 5.26 Å². The zero-order valence-corrected chi connectivity index (χ0v) is 17.8. The van der Waals surface area contributed by atoms with Crippen molar-refractivity contribution in [1.29, 1.82) is 5.26 Å². The molecule has 0 bridgehead atoms. The zero-order chi connectivity index (χ0) is 22.2. The van der Waals surface area contributed by atoms with Crippen molar-refractivity contribution < 1.29 is 9.53 Å². The number of benzene rings is 3. The fourth-order valence-electron chi connectivity index (χ4n) is 3.18. The number of nitriles is 1. The highest BCUT2D eigenvalue weighted by molar-refractivity contribution is 7.80. The molecule has 7 heteroatoms. The van der Waals surface area contributed by atoms with Gasteiger partial charge in [0.1, 0.15) is 0 Å². The third-order valence-electron chi connectivity index (χ3n) is 4.60. The van der Waals surface area contributed by atoms with Crippen molar-refractivity contribution in [2.45, 2.75) is 13.5 Å². The summed E-state index contributed by atoms with van der Waals surface area (Å²) in [5.74, 6) is -0.431. The molecular formula is C24H22N4O2S. The van der Waals surface area contributed by atoms with Gasteiger partial charge < -0.3 is 21.1 Å². The molecule has 0 fully saturated rings. The number of nitrogens with one attached hydrogen (secondary N) is 2. The van der Waals surface area contributed by atoms with Crippen LogP contribution in [0.15, 0.2) is 66.7 Å². The van der Waals surface area contributed by atoms with Gasteiger partial charge in [-0.3, -0.25) is 0 Å². The van der Waals surface area contributed by atoms with Gasteiger partial charge in [-0.1, -0.05) is 48.5 Å². The van der Waals surface area contributed by atoms with Crippen LogP contribution in [0, 0.1) is 11.3 Å². The summed E-state index contributed by atoms with van der Waals surface area (Å²) in [7, 11) is 0. The van der Waals surface area contributed by atoms with E-state index in [9.17, 15) is 10.1 Å². The van der Waals surface area contributed by atoms with Crippen LogP contribution < -0.4 is 16.4 Å². The molecule has 0 unspecified atom stereocenters. The van der Waals surface area contributed by atoms with E-state index in [4.69, 9.17) is 22.7 Å². The number of rotatable bonds is 7. The van der Waals surface area contributed by atoms with Crippen molar-refractivity contribution in [1.82, 2.24) is 0 Å². The molecule has 0 saturated heterocycles. The van der Waals surface area contributed by atoms with Gasteiger partial charge in [-0.05, 0) is 54.0 Å². The summed E-state index contributed by atoms with van der Waals surface area (Å²) in [5.41, 5.74) is 10.7. The molecule has 0 amide bonds. The molecule has 0 aliphatic rings. The van der Waals surface area contributed by atoms with Gasteiger partial charge >= 0.3 is 5.97 Å². The maximum atomic E-state index is 12.4. The average molecular weight is 431 g/mol. The Morgan fingerprint density at radius 1 is 1.10 bits per heavy atom. The first-order valence-corrected chi connectivity index (χ1v) is 10.1. The van der Waals surface area contributed by atoms with Crippen molar-refractivity contribution in [3.05, 3.63) is 83.4 Å². The molecule has 3 aromatic rings. The lowest BCUT2D eigenvalue weighted by Crippen LogP contribution is -2.21. The van der Waals surface area contributed by atoms with Crippen LogP contribution in [0.25, 0.3) is 11.1 Å². The lowest BCUT2D eigenvalue weighted by atomic mass is 9.99. The van der Waals surface area contributed by atoms with Gasteiger partial charge in [0.2, 0.25) is 0 Å². The Balaban J connectivity index is 1.84. The highest BCUT2D eigenvalue weighted by Crippen LogP contribution is 2.28. The Labute approximate surface area is 186 Å². The number of esters is 1. The molecule has 0 aromatic heterocycles. The maximum Gasteiger partial charge on any atom is 0.340 e. The van der Waals surface area contributed by atoms with Crippen molar-refractivity contribution in [3.8, 4) is 17.2 Å². The summed E-state index contributed by atoms with van der Waals surface area (Å²) in [5, 5.41) is 15.6. The quantitative estimate of drug-likeness (QED) is 0.370. The van der Waals surface area contributed by atoms with Gasteiger partial charge in [0.05, 0.1) is 35.2 Å². The van der Waals surface area contributed by atoms with Crippen LogP contribution in [0.5, 0.6) is 0 Å². The number of nitrogens with zero attached hydrogens (tertiary/aromatic N) is 1. The van der Waals surface area contributed by atoms with Crippen molar-refractivity contribution in [2.75, 3.05) is 17.2 Å². The van der Waals surface area contributed by atoms with Gasteiger partial charge in [-0.25, -0.2) is 4.79 Å². The zero-order valence-electron chi connectivity index (χ0n) is 17.0. The van der Waals surface area contributed by atoms with Crippen molar-refractivity contribution in [2.24, 2.45) is 5.73 Å². The number of carbonyl (C=O) groups excluding carboxylic acids is 1. The van der Waals surface area contributed by atoms with Crippen molar-refractivity contribution in [3.63, 3.8) is 0 Å². The fourth-order valence-corrected chi connectivity index (χ4v) is 3.29. The minimum atomic E-state index is -0.431. The van der Waals surface area contributed by atoms with Crippen LogP contribution in [0.3, 0.4) is 0 Å². The molecule has 0 spiro atoms. The fraction of sp³-hybridized carbons (Fsp3) is 0.125. The molecule has 0 aliphatic heterocycles. The molecule has 4 N–H and O–H groups in total. The maximum absolute atomic E-state index is 12.4. The number of thiocarbonyl (C=S) groups is 1. The summed E-state index contributed by atoms with van der Waals surface area (Å²) >= 11 is 4.96. The van der Waals surface area contributed by atoms with E-state index in [2.05, 4.69) is 16.7 Å². The number of nitrogens with two attached hydrogens (primary N) is 1. The largest absolute Gasteiger partial charge is 0.462 e. The van der Waals surface area contributed by atoms with Crippen LogP contribution in [-0.4, -0.2) is 17.7 Å². The first kappa shape index (κ1) is 21.8. The summed E-state index contributed by atoms with van der Waals surface area (Å²) in [6, 6.07) is 22.8. The number of carbonyl (C=O) groups is 1. The van der Waals surface area contributed by atoms with Gasteiger partial charge in [0, 0.05) is 6.54 Å². The second-order valence-corrected chi connectivity index (χ2v) is 7.09.